The summed E-state index contributed by atoms with van der Waals surface area (Å²) in [5, 5.41) is 4.98. The highest BCUT2D eigenvalue weighted by molar-refractivity contribution is 7.99. The van der Waals surface area contributed by atoms with Crippen molar-refractivity contribution < 1.29 is 0 Å². The van der Waals surface area contributed by atoms with Crippen LogP contribution in [0.2, 0.25) is 0 Å². The van der Waals surface area contributed by atoms with Crippen LogP contribution < -0.4 is 5.32 Å². The molecule has 0 amide bonds. The molecule has 1 aromatic heterocycles. The molecule has 0 aromatic carbocycles. The Balaban J connectivity index is 2.02. The van der Waals surface area contributed by atoms with Gasteiger partial charge in [-0.15, -0.1) is 0 Å². The van der Waals surface area contributed by atoms with Gasteiger partial charge in [-0.05, 0) is 39.3 Å². The van der Waals surface area contributed by atoms with Crippen LogP contribution in [0.1, 0.15) is 24.2 Å². The maximum atomic E-state index is 4.45. The lowest BCUT2D eigenvalue weighted by molar-refractivity contribution is 0.530. The quantitative estimate of drug-likeness (QED) is 0.778. The third-order valence-corrected chi connectivity index (χ3v) is 3.61. The van der Waals surface area contributed by atoms with Gasteiger partial charge in [0.25, 0.3) is 0 Å². The molecule has 0 saturated carbocycles. The Kier molecular flexibility index (Phi) is 3.59. The van der Waals surface area contributed by atoms with Gasteiger partial charge in [0.2, 0.25) is 0 Å². The van der Waals surface area contributed by atoms with Crippen molar-refractivity contribution in [2.75, 3.05) is 13.1 Å². The minimum atomic E-state index is 0.639. The molecule has 15 heavy (non-hydrogen) atoms. The molecule has 0 aliphatic carbocycles. The van der Waals surface area contributed by atoms with Crippen molar-refractivity contribution in [1.29, 1.82) is 0 Å². The number of hydrogen-bond donors (Lipinski definition) is 1. The molecule has 0 spiro atoms. The van der Waals surface area contributed by atoms with Gasteiger partial charge in [-0.1, -0.05) is 11.8 Å². The van der Waals surface area contributed by atoms with Crippen molar-refractivity contribution in [2.45, 2.75) is 37.1 Å². The maximum absolute atomic E-state index is 4.45. The van der Waals surface area contributed by atoms with Crippen LogP contribution in [-0.4, -0.2) is 28.3 Å². The summed E-state index contributed by atoms with van der Waals surface area (Å²) in [6, 6.07) is 2.02. The van der Waals surface area contributed by atoms with Crippen LogP contribution in [0.15, 0.2) is 11.2 Å². The minimum absolute atomic E-state index is 0.639. The molecule has 3 nitrogen and oxygen atoms in total. The molecular formula is C11H17N3S. The number of thioether (sulfide) groups is 1. The average molecular weight is 223 g/mol. The molecule has 0 unspecified atom stereocenters. The van der Waals surface area contributed by atoms with Gasteiger partial charge in [0.1, 0.15) is 0 Å². The highest BCUT2D eigenvalue weighted by atomic mass is 32.2. The largest absolute Gasteiger partial charge is 0.316 e. The van der Waals surface area contributed by atoms with Gasteiger partial charge in [-0.2, -0.15) is 0 Å². The molecule has 82 valence electrons. The predicted octanol–water partition coefficient (Wildman–Crippen LogP) is 1.94. The number of piperidine rings is 1. The maximum Gasteiger partial charge on any atom is 0.188 e. The van der Waals surface area contributed by atoms with Crippen molar-refractivity contribution in [3.05, 3.63) is 17.5 Å². The molecule has 1 saturated heterocycles. The normalized spacial score (nSPS) is 21.6. The van der Waals surface area contributed by atoms with Gasteiger partial charge in [0.05, 0.1) is 0 Å². The molecule has 0 radical (unpaired) electrons. The van der Waals surface area contributed by atoms with Gasteiger partial charge in [0, 0.05) is 23.2 Å². The third kappa shape index (κ3) is 3.18. The Morgan fingerprint density at radius 3 is 2.67 bits per heavy atom. The molecule has 1 fully saturated rings. The van der Waals surface area contributed by atoms with Crippen LogP contribution in [0.4, 0.5) is 0 Å². The molecule has 1 aliphatic heterocycles. The van der Waals surface area contributed by atoms with E-state index >= 15 is 0 Å². The Morgan fingerprint density at radius 2 is 2.07 bits per heavy atom. The number of nitrogens with one attached hydrogen (secondary N) is 1. The molecule has 1 aliphatic rings. The lowest BCUT2D eigenvalue weighted by Gasteiger charge is -2.21. The molecule has 0 bridgehead atoms. The monoisotopic (exact) mass is 223 g/mol. The highest BCUT2D eigenvalue weighted by Gasteiger charge is 2.15. The van der Waals surface area contributed by atoms with E-state index in [1.54, 1.807) is 0 Å². The summed E-state index contributed by atoms with van der Waals surface area (Å²) < 4.78 is 0. The highest BCUT2D eigenvalue weighted by Crippen LogP contribution is 2.24. The van der Waals surface area contributed by atoms with Crippen molar-refractivity contribution in [2.24, 2.45) is 0 Å². The second-order valence-electron chi connectivity index (χ2n) is 4.02. The van der Waals surface area contributed by atoms with Crippen LogP contribution in [-0.2, 0) is 0 Å². The summed E-state index contributed by atoms with van der Waals surface area (Å²) in [5.74, 6) is 0. The first-order valence-corrected chi connectivity index (χ1v) is 6.31. The fourth-order valence-electron chi connectivity index (χ4n) is 1.82. The smallest absolute Gasteiger partial charge is 0.188 e. The summed E-state index contributed by atoms with van der Waals surface area (Å²) in [5.41, 5.74) is 2.13. The number of rotatable bonds is 2. The second kappa shape index (κ2) is 4.94. The SMILES string of the molecule is Cc1cc(C)nc(S[C@@H]2CCCNC2)n1. The predicted molar refractivity (Wildman–Crippen MR) is 63.3 cm³/mol. The Bertz CT molecular complexity index is 314. The molecule has 4 heteroatoms. The van der Waals surface area contributed by atoms with E-state index in [1.807, 2.05) is 31.7 Å². The van der Waals surface area contributed by atoms with Crippen LogP contribution in [0.5, 0.6) is 0 Å². The summed E-state index contributed by atoms with van der Waals surface area (Å²) in [6.07, 6.45) is 2.54. The first-order valence-electron chi connectivity index (χ1n) is 5.44. The van der Waals surface area contributed by atoms with Crippen molar-refractivity contribution in [1.82, 2.24) is 15.3 Å². The molecule has 2 heterocycles. The van der Waals surface area contributed by atoms with E-state index in [-0.39, 0.29) is 0 Å². The van der Waals surface area contributed by atoms with Crippen molar-refractivity contribution in [3.63, 3.8) is 0 Å². The van der Waals surface area contributed by atoms with Gasteiger partial charge < -0.3 is 5.32 Å². The third-order valence-electron chi connectivity index (χ3n) is 2.49. The molecule has 1 N–H and O–H groups in total. The molecule has 2 rings (SSSR count). The molecular weight excluding hydrogens is 206 g/mol. The van der Waals surface area contributed by atoms with Gasteiger partial charge in [-0.3, -0.25) is 0 Å². The van der Waals surface area contributed by atoms with Gasteiger partial charge in [-0.25, -0.2) is 9.97 Å². The first kappa shape index (κ1) is 10.9. The lowest BCUT2D eigenvalue weighted by Crippen LogP contribution is -2.31. The Labute approximate surface area is 95.1 Å². The van der Waals surface area contributed by atoms with Crippen LogP contribution >= 0.6 is 11.8 Å². The fraction of sp³-hybridized carbons (Fsp3) is 0.636. The average Bonchev–Trinajstić information content (AvgIpc) is 2.17. The van der Waals surface area contributed by atoms with Crippen LogP contribution in [0.3, 0.4) is 0 Å². The van der Waals surface area contributed by atoms with E-state index in [0.29, 0.717) is 5.25 Å². The molecule has 1 aromatic rings. The summed E-state index contributed by atoms with van der Waals surface area (Å²) in [6.45, 7) is 6.29. The summed E-state index contributed by atoms with van der Waals surface area (Å²) in [4.78, 5) is 8.90. The zero-order valence-corrected chi connectivity index (χ0v) is 10.1. The van der Waals surface area contributed by atoms with E-state index in [2.05, 4.69) is 15.3 Å². The Hall–Kier alpha value is -0.610. The van der Waals surface area contributed by atoms with E-state index in [1.165, 1.54) is 12.8 Å². The zero-order valence-electron chi connectivity index (χ0n) is 9.29. The zero-order chi connectivity index (χ0) is 10.7. The summed E-state index contributed by atoms with van der Waals surface area (Å²) >= 11 is 1.81. The number of aromatic nitrogens is 2. The van der Waals surface area contributed by atoms with E-state index in [0.717, 1.165) is 29.6 Å². The van der Waals surface area contributed by atoms with E-state index in [4.69, 9.17) is 0 Å². The fourth-order valence-corrected chi connectivity index (χ4v) is 2.99. The van der Waals surface area contributed by atoms with Crippen LogP contribution in [0, 0.1) is 13.8 Å². The number of nitrogens with zero attached hydrogens (tertiary/aromatic N) is 2. The van der Waals surface area contributed by atoms with E-state index in [9.17, 15) is 0 Å². The van der Waals surface area contributed by atoms with E-state index < -0.39 is 0 Å². The van der Waals surface area contributed by atoms with Gasteiger partial charge in [0.15, 0.2) is 5.16 Å². The minimum Gasteiger partial charge on any atom is -0.316 e. The standard InChI is InChI=1S/C11H17N3S/c1-8-6-9(2)14-11(13-8)15-10-4-3-5-12-7-10/h6,10,12H,3-5,7H2,1-2H3/t10-/m1/s1. The van der Waals surface area contributed by atoms with Gasteiger partial charge >= 0.3 is 0 Å². The molecule has 1 atom stereocenters. The number of hydrogen-bond acceptors (Lipinski definition) is 4. The van der Waals surface area contributed by atoms with Crippen molar-refractivity contribution in [3.8, 4) is 0 Å². The Morgan fingerprint density at radius 1 is 1.33 bits per heavy atom. The van der Waals surface area contributed by atoms with Crippen molar-refractivity contribution >= 4 is 11.8 Å². The van der Waals surface area contributed by atoms with Crippen LogP contribution in [0.25, 0.3) is 0 Å². The first-order chi connectivity index (χ1) is 7.24. The lowest BCUT2D eigenvalue weighted by atomic mass is 10.2. The summed E-state index contributed by atoms with van der Waals surface area (Å²) in [7, 11) is 0. The second-order valence-corrected chi connectivity index (χ2v) is 5.29. The topological polar surface area (TPSA) is 37.8 Å². The number of aryl methyl sites for hydroxylation is 2.